The van der Waals surface area contributed by atoms with E-state index in [9.17, 15) is 19.2 Å². The van der Waals surface area contributed by atoms with Crippen LogP contribution in [0.2, 0.25) is 0 Å². The SMILES string of the molecule is O=C(CCl)Nc1ccc2c(c1NC(=O)c1ccno1)C(=O)c1ccccc1C2=O. The van der Waals surface area contributed by atoms with Gasteiger partial charge in [0, 0.05) is 22.8 Å². The number of alkyl halides is 1. The summed E-state index contributed by atoms with van der Waals surface area (Å²) in [6, 6.07) is 10.6. The highest BCUT2D eigenvalue weighted by Gasteiger charge is 2.33. The molecule has 0 bridgehead atoms. The molecule has 0 aliphatic heterocycles. The first-order valence-corrected chi connectivity index (χ1v) is 8.98. The minimum absolute atomic E-state index is 0.0183. The van der Waals surface area contributed by atoms with Crippen LogP contribution in [0.4, 0.5) is 11.4 Å². The Balaban J connectivity index is 1.88. The summed E-state index contributed by atoms with van der Waals surface area (Å²) >= 11 is 5.56. The second kappa shape index (κ2) is 7.33. The predicted molar refractivity (Wildman–Crippen MR) is 104 cm³/mol. The zero-order valence-electron chi connectivity index (χ0n) is 14.7. The zero-order valence-corrected chi connectivity index (χ0v) is 15.4. The van der Waals surface area contributed by atoms with Crippen molar-refractivity contribution in [2.45, 2.75) is 0 Å². The number of anilines is 2. The summed E-state index contributed by atoms with van der Waals surface area (Å²) in [4.78, 5) is 50.4. The van der Waals surface area contributed by atoms with Crippen molar-refractivity contribution in [1.29, 1.82) is 0 Å². The average Bonchev–Trinajstić information content (AvgIpc) is 3.28. The lowest BCUT2D eigenvalue weighted by Gasteiger charge is -2.22. The fraction of sp³-hybridized carbons (Fsp3) is 0.0500. The van der Waals surface area contributed by atoms with Gasteiger partial charge in [-0.3, -0.25) is 19.2 Å². The number of amides is 2. The van der Waals surface area contributed by atoms with Crippen molar-refractivity contribution in [3.8, 4) is 0 Å². The first-order chi connectivity index (χ1) is 14.0. The molecule has 2 N–H and O–H groups in total. The molecular weight excluding hydrogens is 398 g/mol. The molecule has 29 heavy (non-hydrogen) atoms. The van der Waals surface area contributed by atoms with Crippen LogP contribution in [0.25, 0.3) is 0 Å². The summed E-state index contributed by atoms with van der Waals surface area (Å²) in [5.41, 5.74) is 0.688. The zero-order chi connectivity index (χ0) is 20.5. The largest absolute Gasteiger partial charge is 0.351 e. The molecule has 2 amide bonds. The van der Waals surface area contributed by atoms with E-state index in [1.807, 2.05) is 0 Å². The van der Waals surface area contributed by atoms with Crippen LogP contribution < -0.4 is 10.6 Å². The molecule has 0 unspecified atom stereocenters. The third-order valence-corrected chi connectivity index (χ3v) is 4.63. The van der Waals surface area contributed by atoms with E-state index in [-0.39, 0.29) is 51.1 Å². The third-order valence-electron chi connectivity index (χ3n) is 4.39. The number of fused-ring (bicyclic) bond motifs is 2. The monoisotopic (exact) mass is 409 g/mol. The van der Waals surface area contributed by atoms with E-state index >= 15 is 0 Å². The Bertz CT molecular complexity index is 1170. The molecule has 1 aromatic heterocycles. The van der Waals surface area contributed by atoms with Crippen LogP contribution in [0.1, 0.15) is 42.4 Å². The fourth-order valence-corrected chi connectivity index (χ4v) is 3.18. The number of carbonyl (C=O) groups is 4. The molecule has 8 nitrogen and oxygen atoms in total. The molecule has 3 aromatic rings. The van der Waals surface area contributed by atoms with Crippen LogP contribution in [-0.2, 0) is 4.79 Å². The quantitative estimate of drug-likeness (QED) is 0.500. The van der Waals surface area contributed by atoms with Gasteiger partial charge in [-0.2, -0.15) is 0 Å². The van der Waals surface area contributed by atoms with Crippen LogP contribution in [0.15, 0.2) is 53.2 Å². The van der Waals surface area contributed by atoms with Crippen LogP contribution in [-0.4, -0.2) is 34.4 Å². The summed E-state index contributed by atoms with van der Waals surface area (Å²) in [5.74, 6) is -2.49. The molecule has 9 heteroatoms. The van der Waals surface area contributed by atoms with E-state index < -0.39 is 17.6 Å². The van der Waals surface area contributed by atoms with E-state index in [1.54, 1.807) is 18.2 Å². The molecule has 1 aliphatic carbocycles. The fourth-order valence-electron chi connectivity index (χ4n) is 3.11. The van der Waals surface area contributed by atoms with Crippen molar-refractivity contribution in [3.05, 3.63) is 76.7 Å². The Kier molecular flexibility index (Phi) is 4.69. The van der Waals surface area contributed by atoms with Crippen molar-refractivity contribution in [2.24, 2.45) is 0 Å². The lowest BCUT2D eigenvalue weighted by molar-refractivity contribution is -0.113. The van der Waals surface area contributed by atoms with E-state index in [4.69, 9.17) is 16.1 Å². The Morgan fingerprint density at radius 3 is 2.31 bits per heavy atom. The number of ketones is 2. The molecular formula is C20H12ClN3O5. The number of carbonyl (C=O) groups excluding carboxylic acids is 4. The van der Waals surface area contributed by atoms with Crippen molar-refractivity contribution < 1.29 is 23.7 Å². The molecule has 0 saturated carbocycles. The maximum Gasteiger partial charge on any atom is 0.294 e. The number of rotatable bonds is 4. The lowest BCUT2D eigenvalue weighted by Crippen LogP contribution is -2.25. The molecule has 4 rings (SSSR count). The number of nitrogens with zero attached hydrogens (tertiary/aromatic N) is 1. The van der Waals surface area contributed by atoms with Gasteiger partial charge >= 0.3 is 0 Å². The van der Waals surface area contributed by atoms with E-state index in [1.165, 1.54) is 30.5 Å². The minimum atomic E-state index is -0.698. The Labute approximate surface area is 168 Å². The van der Waals surface area contributed by atoms with Gasteiger partial charge in [0.25, 0.3) is 5.91 Å². The maximum atomic E-state index is 13.2. The number of hydrogen-bond acceptors (Lipinski definition) is 6. The Morgan fingerprint density at radius 1 is 0.931 bits per heavy atom. The van der Waals surface area contributed by atoms with Crippen molar-refractivity contribution >= 4 is 46.4 Å². The number of hydrogen-bond donors (Lipinski definition) is 2. The number of aromatic nitrogens is 1. The topological polar surface area (TPSA) is 118 Å². The van der Waals surface area contributed by atoms with Crippen molar-refractivity contribution in [1.82, 2.24) is 5.16 Å². The molecule has 0 saturated heterocycles. The number of benzene rings is 2. The molecule has 144 valence electrons. The van der Waals surface area contributed by atoms with E-state index in [0.29, 0.717) is 0 Å². The van der Waals surface area contributed by atoms with Gasteiger partial charge in [0.05, 0.1) is 23.1 Å². The summed E-state index contributed by atoms with van der Waals surface area (Å²) in [7, 11) is 0. The first kappa shape index (κ1) is 18.6. The van der Waals surface area contributed by atoms with Crippen LogP contribution in [0, 0.1) is 0 Å². The van der Waals surface area contributed by atoms with E-state index in [2.05, 4.69) is 15.8 Å². The first-order valence-electron chi connectivity index (χ1n) is 8.44. The molecule has 0 radical (unpaired) electrons. The van der Waals surface area contributed by atoms with Crippen LogP contribution >= 0.6 is 11.6 Å². The molecule has 0 spiro atoms. The maximum absolute atomic E-state index is 13.2. The van der Waals surface area contributed by atoms with Crippen molar-refractivity contribution in [3.63, 3.8) is 0 Å². The van der Waals surface area contributed by atoms with Gasteiger partial charge in [-0.25, -0.2) is 0 Å². The summed E-state index contributed by atoms with van der Waals surface area (Å²) in [6.45, 7) is 0. The summed E-state index contributed by atoms with van der Waals surface area (Å²) in [6.07, 6.45) is 1.29. The van der Waals surface area contributed by atoms with Gasteiger partial charge in [-0.1, -0.05) is 29.4 Å². The van der Waals surface area contributed by atoms with Crippen LogP contribution in [0.3, 0.4) is 0 Å². The summed E-state index contributed by atoms with van der Waals surface area (Å²) in [5, 5.41) is 8.54. The highest BCUT2D eigenvalue weighted by atomic mass is 35.5. The molecule has 2 aromatic carbocycles. The van der Waals surface area contributed by atoms with Crippen LogP contribution in [0.5, 0.6) is 0 Å². The standard InChI is InChI=1S/C20H12ClN3O5/c21-9-15(25)23-13-6-5-12-16(17(13)24-20(28)14-7-8-22-29-14)19(27)11-4-2-1-3-10(11)18(12)26/h1-8H,9H2,(H,23,25)(H,24,28). The van der Waals surface area contributed by atoms with Gasteiger partial charge in [0.2, 0.25) is 11.7 Å². The smallest absolute Gasteiger partial charge is 0.294 e. The normalized spacial score (nSPS) is 12.2. The highest BCUT2D eigenvalue weighted by Crippen LogP contribution is 2.37. The predicted octanol–water partition coefficient (Wildman–Crippen LogP) is 2.88. The van der Waals surface area contributed by atoms with Gasteiger partial charge in [-0.05, 0) is 12.1 Å². The van der Waals surface area contributed by atoms with Gasteiger partial charge < -0.3 is 15.2 Å². The van der Waals surface area contributed by atoms with Gasteiger partial charge in [0.1, 0.15) is 5.88 Å². The average molecular weight is 410 g/mol. The lowest BCUT2D eigenvalue weighted by atomic mass is 9.82. The Hall–Kier alpha value is -3.78. The second-order valence-electron chi connectivity index (χ2n) is 6.13. The number of halogens is 1. The Morgan fingerprint density at radius 2 is 1.66 bits per heavy atom. The second-order valence-corrected chi connectivity index (χ2v) is 6.39. The molecule has 1 heterocycles. The van der Waals surface area contributed by atoms with Gasteiger partial charge in [-0.15, -0.1) is 11.6 Å². The molecule has 1 aliphatic rings. The third kappa shape index (κ3) is 3.19. The summed E-state index contributed by atoms with van der Waals surface area (Å²) < 4.78 is 4.84. The molecule has 0 atom stereocenters. The minimum Gasteiger partial charge on any atom is -0.351 e. The highest BCUT2D eigenvalue weighted by molar-refractivity contribution is 6.32. The number of nitrogens with one attached hydrogen (secondary N) is 2. The van der Waals surface area contributed by atoms with E-state index in [0.717, 1.165) is 0 Å². The molecule has 0 fully saturated rings. The van der Waals surface area contributed by atoms with Gasteiger partial charge in [0.15, 0.2) is 11.6 Å². The van der Waals surface area contributed by atoms with Crippen molar-refractivity contribution in [2.75, 3.05) is 16.5 Å².